The van der Waals surface area contributed by atoms with E-state index in [9.17, 15) is 18.0 Å². The number of fused-ring (bicyclic) bond motifs is 1. The molecule has 0 radical (unpaired) electrons. The van der Waals surface area contributed by atoms with E-state index in [1.165, 1.54) is 6.07 Å². The summed E-state index contributed by atoms with van der Waals surface area (Å²) in [6.45, 7) is 5.50. The fraction of sp³-hybridized carbons (Fsp3) is 0.350. The molecular formula is C20H21F3N4O2. The van der Waals surface area contributed by atoms with Gasteiger partial charge in [-0.15, -0.1) is 0 Å². The third-order valence-corrected chi connectivity index (χ3v) is 4.53. The molecule has 2 aromatic heterocycles. The molecule has 0 atom stereocenters. The average molecular weight is 406 g/mol. The first-order valence-electron chi connectivity index (χ1n) is 8.96. The van der Waals surface area contributed by atoms with E-state index in [0.717, 1.165) is 12.1 Å². The first kappa shape index (κ1) is 20.6. The van der Waals surface area contributed by atoms with Crippen LogP contribution in [-0.4, -0.2) is 30.1 Å². The standard InChI is InChI=1S/C20H21F3N4O2/c1-10(2)14-9-13(17-11(3)26-29-19(17)25-14)18(28)24-15-8-12(20(21,22)23)6-7-16(15)27(4)5/h6-10H,1-5H3,(H,24,28). The van der Waals surface area contributed by atoms with E-state index >= 15 is 0 Å². The normalized spacial score (nSPS) is 11.9. The molecule has 1 N–H and O–H groups in total. The lowest BCUT2D eigenvalue weighted by atomic mass is 10.0. The van der Waals surface area contributed by atoms with Gasteiger partial charge >= 0.3 is 6.18 Å². The second-order valence-corrected chi connectivity index (χ2v) is 7.28. The van der Waals surface area contributed by atoms with Crippen LogP contribution in [-0.2, 0) is 6.18 Å². The summed E-state index contributed by atoms with van der Waals surface area (Å²) in [5.74, 6) is -0.546. The van der Waals surface area contributed by atoms with Gasteiger partial charge in [-0.2, -0.15) is 13.2 Å². The Bertz CT molecular complexity index is 1070. The number of halogens is 3. The molecule has 0 unspecified atom stereocenters. The molecule has 1 amide bonds. The van der Waals surface area contributed by atoms with Crippen molar-refractivity contribution in [3.05, 3.63) is 46.8 Å². The zero-order chi connectivity index (χ0) is 21.5. The number of benzene rings is 1. The van der Waals surface area contributed by atoms with Gasteiger partial charge in [0.2, 0.25) is 0 Å². The molecule has 3 aromatic rings. The third kappa shape index (κ3) is 4.03. The van der Waals surface area contributed by atoms with Gasteiger partial charge in [0.15, 0.2) is 0 Å². The van der Waals surface area contributed by atoms with Crippen molar-refractivity contribution in [1.29, 1.82) is 0 Å². The van der Waals surface area contributed by atoms with Gasteiger partial charge in [-0.3, -0.25) is 4.79 Å². The van der Waals surface area contributed by atoms with E-state index in [4.69, 9.17) is 4.52 Å². The summed E-state index contributed by atoms with van der Waals surface area (Å²) in [6.07, 6.45) is -4.52. The van der Waals surface area contributed by atoms with Crippen molar-refractivity contribution in [2.24, 2.45) is 0 Å². The average Bonchev–Trinajstić information content (AvgIpc) is 3.01. The highest BCUT2D eigenvalue weighted by molar-refractivity contribution is 6.13. The number of pyridine rings is 1. The van der Waals surface area contributed by atoms with E-state index in [1.807, 2.05) is 13.8 Å². The van der Waals surface area contributed by atoms with E-state index < -0.39 is 17.6 Å². The zero-order valence-corrected chi connectivity index (χ0v) is 16.7. The summed E-state index contributed by atoms with van der Waals surface area (Å²) in [7, 11) is 3.37. The lowest BCUT2D eigenvalue weighted by molar-refractivity contribution is -0.137. The molecule has 2 heterocycles. The SMILES string of the molecule is Cc1noc2nc(C(C)C)cc(C(=O)Nc3cc(C(F)(F)F)ccc3N(C)C)c12. The molecule has 9 heteroatoms. The van der Waals surface area contributed by atoms with Gasteiger partial charge in [0.25, 0.3) is 11.6 Å². The smallest absolute Gasteiger partial charge is 0.376 e. The van der Waals surface area contributed by atoms with Gasteiger partial charge < -0.3 is 14.7 Å². The van der Waals surface area contributed by atoms with Crippen LogP contribution in [0.3, 0.4) is 0 Å². The lowest BCUT2D eigenvalue weighted by Crippen LogP contribution is -2.18. The number of nitrogens with one attached hydrogen (secondary N) is 1. The summed E-state index contributed by atoms with van der Waals surface area (Å²) >= 11 is 0. The monoisotopic (exact) mass is 406 g/mol. The summed E-state index contributed by atoms with van der Waals surface area (Å²) in [4.78, 5) is 19.1. The first-order valence-corrected chi connectivity index (χ1v) is 8.96. The molecule has 3 rings (SSSR count). The highest BCUT2D eigenvalue weighted by Gasteiger charge is 2.31. The summed E-state index contributed by atoms with van der Waals surface area (Å²) in [5.41, 5.74) is 1.22. The molecule has 0 aliphatic rings. The second-order valence-electron chi connectivity index (χ2n) is 7.28. The molecule has 0 saturated heterocycles. The largest absolute Gasteiger partial charge is 0.416 e. The Hall–Kier alpha value is -3.10. The van der Waals surface area contributed by atoms with Crippen LogP contribution in [0.25, 0.3) is 11.1 Å². The second kappa shape index (κ2) is 7.38. The van der Waals surface area contributed by atoms with Gasteiger partial charge in [-0.1, -0.05) is 19.0 Å². The van der Waals surface area contributed by atoms with Crippen molar-refractivity contribution < 1.29 is 22.5 Å². The molecular weight excluding hydrogens is 385 g/mol. The number of aryl methyl sites for hydroxylation is 1. The van der Waals surface area contributed by atoms with E-state index in [1.54, 1.807) is 32.0 Å². The zero-order valence-electron chi connectivity index (χ0n) is 16.7. The van der Waals surface area contributed by atoms with E-state index in [2.05, 4.69) is 15.5 Å². The van der Waals surface area contributed by atoms with Gasteiger partial charge in [0, 0.05) is 19.8 Å². The lowest BCUT2D eigenvalue weighted by Gasteiger charge is -2.20. The minimum absolute atomic E-state index is 0.0160. The van der Waals surface area contributed by atoms with E-state index in [0.29, 0.717) is 22.5 Å². The Balaban J connectivity index is 2.10. The minimum Gasteiger partial charge on any atom is -0.376 e. The molecule has 0 aliphatic heterocycles. The number of aromatic nitrogens is 2. The topological polar surface area (TPSA) is 71.3 Å². The van der Waals surface area contributed by atoms with Crippen LogP contribution in [0.4, 0.5) is 24.5 Å². The molecule has 0 fully saturated rings. The maximum atomic E-state index is 13.2. The summed E-state index contributed by atoms with van der Waals surface area (Å²) < 4.78 is 44.7. The Morgan fingerprint density at radius 1 is 1.21 bits per heavy atom. The number of anilines is 2. The van der Waals surface area contributed by atoms with Crippen LogP contribution in [0.2, 0.25) is 0 Å². The molecule has 0 bridgehead atoms. The van der Waals surface area contributed by atoms with Crippen molar-refractivity contribution in [2.75, 3.05) is 24.3 Å². The Morgan fingerprint density at radius 2 is 1.90 bits per heavy atom. The fourth-order valence-corrected chi connectivity index (χ4v) is 2.98. The van der Waals surface area contributed by atoms with Crippen LogP contribution in [0.15, 0.2) is 28.8 Å². The number of hydrogen-bond acceptors (Lipinski definition) is 5. The molecule has 29 heavy (non-hydrogen) atoms. The number of nitrogens with zero attached hydrogens (tertiary/aromatic N) is 3. The minimum atomic E-state index is -4.52. The Kier molecular flexibility index (Phi) is 5.25. The van der Waals surface area contributed by atoms with Crippen molar-refractivity contribution in [3.63, 3.8) is 0 Å². The molecule has 0 spiro atoms. The van der Waals surface area contributed by atoms with Crippen LogP contribution in [0.1, 0.15) is 47.1 Å². The summed E-state index contributed by atoms with van der Waals surface area (Å²) in [5, 5.41) is 6.92. The van der Waals surface area contributed by atoms with Crippen molar-refractivity contribution in [3.8, 4) is 0 Å². The predicted octanol–water partition coefficient (Wildman–Crippen LogP) is 4.99. The van der Waals surface area contributed by atoms with Gasteiger partial charge in [0.05, 0.1) is 33.6 Å². The molecule has 1 aromatic carbocycles. The number of amides is 1. The van der Waals surface area contributed by atoms with Crippen LogP contribution in [0, 0.1) is 6.92 Å². The maximum Gasteiger partial charge on any atom is 0.416 e. The quantitative estimate of drug-likeness (QED) is 0.661. The predicted molar refractivity (Wildman–Crippen MR) is 104 cm³/mol. The first-order chi connectivity index (χ1) is 13.5. The highest BCUT2D eigenvalue weighted by atomic mass is 19.4. The number of hydrogen-bond donors (Lipinski definition) is 1. The van der Waals surface area contributed by atoms with Gasteiger partial charge in [0.1, 0.15) is 0 Å². The third-order valence-electron chi connectivity index (χ3n) is 4.53. The Morgan fingerprint density at radius 3 is 2.48 bits per heavy atom. The van der Waals surface area contributed by atoms with Crippen molar-refractivity contribution in [2.45, 2.75) is 32.9 Å². The fourth-order valence-electron chi connectivity index (χ4n) is 2.98. The van der Waals surface area contributed by atoms with Gasteiger partial charge in [-0.05, 0) is 37.1 Å². The Labute approximate surface area is 165 Å². The van der Waals surface area contributed by atoms with Crippen LogP contribution >= 0.6 is 0 Å². The van der Waals surface area contributed by atoms with Crippen LogP contribution < -0.4 is 10.2 Å². The number of carbonyl (C=O) groups excluding carboxylic acids is 1. The molecule has 154 valence electrons. The highest BCUT2D eigenvalue weighted by Crippen LogP contribution is 2.35. The number of rotatable bonds is 4. The van der Waals surface area contributed by atoms with E-state index in [-0.39, 0.29) is 22.9 Å². The van der Waals surface area contributed by atoms with Gasteiger partial charge in [-0.25, -0.2) is 4.98 Å². The molecule has 0 saturated carbocycles. The van der Waals surface area contributed by atoms with Crippen LogP contribution in [0.5, 0.6) is 0 Å². The number of alkyl halides is 3. The number of carbonyl (C=O) groups is 1. The molecule has 6 nitrogen and oxygen atoms in total. The summed E-state index contributed by atoms with van der Waals surface area (Å²) in [6, 6.07) is 4.85. The van der Waals surface area contributed by atoms with Crippen molar-refractivity contribution in [1.82, 2.24) is 10.1 Å². The van der Waals surface area contributed by atoms with Crippen molar-refractivity contribution >= 4 is 28.4 Å². The molecule has 0 aliphatic carbocycles. The maximum absolute atomic E-state index is 13.2.